The Hall–Kier alpha value is -0.840. The Morgan fingerprint density at radius 2 is 1.94 bits per heavy atom. The second-order valence-electron chi connectivity index (χ2n) is 5.72. The Bertz CT molecular complexity index is 276. The number of halogens is 1. The number of carbonyl (C=O) groups is 1. The molecule has 3 atom stereocenters. The lowest BCUT2D eigenvalue weighted by atomic mass is 9.82. The van der Waals surface area contributed by atoms with Gasteiger partial charge in [0.1, 0.15) is 6.17 Å². The minimum absolute atomic E-state index is 0.0277. The highest BCUT2D eigenvalue weighted by atomic mass is 19.1. The Kier molecular flexibility index (Phi) is 3.47. The number of amides is 1. The Morgan fingerprint density at radius 3 is 2.25 bits per heavy atom. The van der Waals surface area contributed by atoms with E-state index in [9.17, 15) is 9.18 Å². The largest absolute Gasteiger partial charge is 0.465 e. The maximum atomic E-state index is 13.9. The zero-order valence-corrected chi connectivity index (χ0v) is 10.6. The van der Waals surface area contributed by atoms with Gasteiger partial charge in [-0.3, -0.25) is 0 Å². The summed E-state index contributed by atoms with van der Waals surface area (Å²) in [4.78, 5) is 14.1. The number of hydrogen-bond donors (Lipinski definition) is 1. The number of nitrogens with zero attached hydrogens (tertiary/aromatic N) is 2. The van der Waals surface area contributed by atoms with Gasteiger partial charge in [-0.15, -0.1) is 0 Å². The van der Waals surface area contributed by atoms with Gasteiger partial charge in [0.2, 0.25) is 0 Å². The summed E-state index contributed by atoms with van der Waals surface area (Å²) in [6.07, 6.45) is -2.15. The third-order valence-corrected chi connectivity index (χ3v) is 3.13. The predicted octanol–water partition coefficient (Wildman–Crippen LogP) is 1.66. The zero-order valence-electron chi connectivity index (χ0n) is 10.6. The van der Waals surface area contributed by atoms with Crippen molar-refractivity contribution in [1.82, 2.24) is 9.80 Å². The van der Waals surface area contributed by atoms with Gasteiger partial charge in [-0.1, -0.05) is 20.8 Å². The van der Waals surface area contributed by atoms with E-state index in [4.69, 9.17) is 5.11 Å². The molecular formula is C11H21FN2O2. The first-order chi connectivity index (χ1) is 7.16. The van der Waals surface area contributed by atoms with Crippen LogP contribution in [0.25, 0.3) is 0 Å². The normalized spacial score (nSPS) is 31.2. The molecule has 1 unspecified atom stereocenters. The molecule has 1 rings (SSSR count). The van der Waals surface area contributed by atoms with E-state index < -0.39 is 12.3 Å². The van der Waals surface area contributed by atoms with Crippen LogP contribution in [-0.2, 0) is 0 Å². The first-order valence-electron chi connectivity index (χ1n) is 5.46. The van der Waals surface area contributed by atoms with E-state index in [1.807, 2.05) is 20.8 Å². The predicted molar refractivity (Wildman–Crippen MR) is 60.3 cm³/mol. The fourth-order valence-electron chi connectivity index (χ4n) is 2.57. The summed E-state index contributed by atoms with van der Waals surface area (Å²) in [5.41, 5.74) is -0.270. The fraction of sp³-hybridized carbons (Fsp3) is 0.909. The monoisotopic (exact) mass is 232 g/mol. The minimum atomic E-state index is -1.12. The van der Waals surface area contributed by atoms with Crippen LogP contribution < -0.4 is 0 Å². The molecule has 0 aromatic heterocycles. The molecule has 0 bridgehead atoms. The lowest BCUT2D eigenvalue weighted by molar-refractivity contribution is 0.0745. The number of likely N-dealkylation sites (tertiary alicyclic amines) is 1. The van der Waals surface area contributed by atoms with Gasteiger partial charge in [-0.25, -0.2) is 9.18 Å². The van der Waals surface area contributed by atoms with Crippen LogP contribution in [0.4, 0.5) is 9.18 Å². The average molecular weight is 232 g/mol. The van der Waals surface area contributed by atoms with Crippen molar-refractivity contribution in [3.63, 3.8) is 0 Å². The molecule has 0 saturated carbocycles. The zero-order chi connectivity index (χ0) is 12.7. The smallest absolute Gasteiger partial charge is 0.407 e. The molecule has 1 heterocycles. The maximum Gasteiger partial charge on any atom is 0.407 e. The van der Waals surface area contributed by atoms with E-state index in [0.29, 0.717) is 0 Å². The molecule has 16 heavy (non-hydrogen) atoms. The molecule has 0 spiro atoms. The highest BCUT2D eigenvalue weighted by molar-refractivity contribution is 5.66. The van der Waals surface area contributed by atoms with E-state index in [1.54, 1.807) is 19.0 Å². The van der Waals surface area contributed by atoms with Crippen molar-refractivity contribution in [3.05, 3.63) is 0 Å². The number of alkyl halides is 1. The third-order valence-electron chi connectivity index (χ3n) is 3.13. The Morgan fingerprint density at radius 1 is 1.44 bits per heavy atom. The first-order valence-corrected chi connectivity index (χ1v) is 5.46. The van der Waals surface area contributed by atoms with Crippen LogP contribution in [0, 0.1) is 5.41 Å². The van der Waals surface area contributed by atoms with E-state index >= 15 is 0 Å². The molecule has 94 valence electrons. The van der Waals surface area contributed by atoms with E-state index in [2.05, 4.69) is 0 Å². The van der Waals surface area contributed by atoms with Gasteiger partial charge in [-0.05, 0) is 19.5 Å². The summed E-state index contributed by atoms with van der Waals surface area (Å²) >= 11 is 0. The van der Waals surface area contributed by atoms with E-state index in [0.717, 1.165) is 0 Å². The number of carboxylic acid groups (broad SMARTS) is 1. The molecule has 1 aliphatic heterocycles. The van der Waals surface area contributed by atoms with E-state index in [-0.39, 0.29) is 24.0 Å². The molecule has 1 amide bonds. The molecular weight excluding hydrogens is 211 g/mol. The lowest BCUT2D eigenvalue weighted by Gasteiger charge is -2.39. The number of likely N-dealkylation sites (N-methyl/N-ethyl adjacent to an activating group) is 1. The maximum absolute atomic E-state index is 13.9. The number of rotatable bonds is 1. The summed E-state index contributed by atoms with van der Waals surface area (Å²) < 4.78 is 13.9. The summed E-state index contributed by atoms with van der Waals surface area (Å²) in [5, 5.41) is 9.11. The SMILES string of the molecule is CN(C)[C@@H]1C(C(C)(C)C)N(C(=O)O)C[C@@H]1F. The molecule has 1 N–H and O–H groups in total. The molecule has 0 aromatic rings. The van der Waals surface area contributed by atoms with Crippen molar-refractivity contribution in [2.75, 3.05) is 20.6 Å². The molecule has 1 fully saturated rings. The highest BCUT2D eigenvalue weighted by Gasteiger charge is 2.50. The molecule has 0 radical (unpaired) electrons. The Balaban J connectivity index is 3.05. The van der Waals surface area contributed by atoms with E-state index in [1.165, 1.54) is 4.90 Å². The van der Waals surface area contributed by atoms with Crippen LogP contribution in [0.15, 0.2) is 0 Å². The van der Waals surface area contributed by atoms with Gasteiger partial charge in [0.25, 0.3) is 0 Å². The van der Waals surface area contributed by atoms with Crippen LogP contribution in [-0.4, -0.2) is 59.9 Å². The quantitative estimate of drug-likeness (QED) is 0.747. The van der Waals surface area contributed by atoms with Gasteiger partial charge in [0.05, 0.1) is 18.6 Å². The van der Waals surface area contributed by atoms with Gasteiger partial charge < -0.3 is 14.9 Å². The molecule has 0 aromatic carbocycles. The molecule has 1 saturated heterocycles. The van der Waals surface area contributed by atoms with Crippen molar-refractivity contribution >= 4 is 6.09 Å². The van der Waals surface area contributed by atoms with Gasteiger partial charge in [-0.2, -0.15) is 0 Å². The van der Waals surface area contributed by atoms with Crippen LogP contribution in [0.1, 0.15) is 20.8 Å². The topological polar surface area (TPSA) is 43.8 Å². The summed E-state index contributed by atoms with van der Waals surface area (Å²) in [7, 11) is 3.59. The fourth-order valence-corrected chi connectivity index (χ4v) is 2.57. The number of hydrogen-bond acceptors (Lipinski definition) is 2. The van der Waals surface area contributed by atoms with Crippen LogP contribution in [0.2, 0.25) is 0 Å². The summed E-state index contributed by atoms with van der Waals surface area (Å²) in [6, 6.07) is -0.675. The third kappa shape index (κ3) is 2.29. The second-order valence-corrected chi connectivity index (χ2v) is 5.72. The summed E-state index contributed by atoms with van der Waals surface area (Å²) in [6.45, 7) is 5.81. The van der Waals surface area contributed by atoms with Crippen molar-refractivity contribution in [1.29, 1.82) is 0 Å². The molecule has 4 nitrogen and oxygen atoms in total. The van der Waals surface area contributed by atoms with Crippen molar-refractivity contribution < 1.29 is 14.3 Å². The second kappa shape index (κ2) is 4.20. The molecule has 5 heteroatoms. The average Bonchev–Trinajstić information content (AvgIpc) is 2.41. The lowest BCUT2D eigenvalue weighted by Crippen LogP contribution is -2.52. The first kappa shape index (κ1) is 13.2. The van der Waals surface area contributed by atoms with Crippen LogP contribution in [0.3, 0.4) is 0 Å². The van der Waals surface area contributed by atoms with Crippen LogP contribution in [0.5, 0.6) is 0 Å². The standard InChI is InChI=1S/C11H21FN2O2/c1-11(2,3)9-8(13(4)5)7(12)6-14(9)10(15)16/h7-9H,6H2,1-5H3,(H,15,16)/t7-,8-,9?/m0/s1. The van der Waals surface area contributed by atoms with Crippen molar-refractivity contribution in [3.8, 4) is 0 Å². The Labute approximate surface area is 96.0 Å². The molecule has 1 aliphatic rings. The van der Waals surface area contributed by atoms with Gasteiger partial charge in [0.15, 0.2) is 0 Å². The molecule has 0 aliphatic carbocycles. The summed E-state index contributed by atoms with van der Waals surface area (Å²) in [5.74, 6) is 0. The van der Waals surface area contributed by atoms with Crippen molar-refractivity contribution in [2.24, 2.45) is 5.41 Å². The highest BCUT2D eigenvalue weighted by Crippen LogP contribution is 2.36. The van der Waals surface area contributed by atoms with Crippen LogP contribution >= 0.6 is 0 Å². The minimum Gasteiger partial charge on any atom is -0.465 e. The van der Waals surface area contributed by atoms with Gasteiger partial charge in [0, 0.05) is 0 Å². The van der Waals surface area contributed by atoms with Gasteiger partial charge >= 0.3 is 6.09 Å². The van der Waals surface area contributed by atoms with Crippen molar-refractivity contribution in [2.45, 2.75) is 39.0 Å².